The van der Waals surface area contributed by atoms with E-state index < -0.39 is 138 Å². The van der Waals surface area contributed by atoms with Gasteiger partial charge in [0.05, 0.1) is 0 Å². The smallest absolute Gasteiger partial charge is 0.390 e. The lowest BCUT2D eigenvalue weighted by atomic mass is 9.88. The van der Waals surface area contributed by atoms with Gasteiger partial charge in [0, 0.05) is 24.9 Å². The molecule has 0 spiro atoms. The van der Waals surface area contributed by atoms with Crippen molar-refractivity contribution >= 4 is 17.6 Å². The fraction of sp³-hybridized carbons (Fsp3) is 1.00. The predicted molar refractivity (Wildman–Crippen MR) is 122 cm³/mol. The maximum absolute atomic E-state index is 14.0. The van der Waals surface area contributed by atoms with E-state index in [9.17, 15) is 168 Å². The highest BCUT2D eigenvalue weighted by atomic mass is 28.5. The molecule has 0 aromatic rings. The lowest BCUT2D eigenvalue weighted by Crippen LogP contribution is -2.74. The van der Waals surface area contributed by atoms with Gasteiger partial charge < -0.3 is 23.3 Å². The van der Waals surface area contributed by atoms with Crippen molar-refractivity contribution in [3.8, 4) is 0 Å². The minimum absolute atomic E-state index is 3.14. The highest BCUT2D eigenvalue weighted by molar-refractivity contribution is 6.72. The van der Waals surface area contributed by atoms with Crippen LogP contribution in [0.4, 0.5) is 149 Å². The van der Waals surface area contributed by atoms with Crippen molar-refractivity contribution in [2.24, 2.45) is 0 Å². The zero-order valence-corrected chi connectivity index (χ0v) is 28.9. The highest BCUT2D eigenvalue weighted by Gasteiger charge is 2.97. The second kappa shape index (κ2) is 15.2. The zero-order chi connectivity index (χ0) is 50.5. The van der Waals surface area contributed by atoms with E-state index in [4.69, 9.17) is 0 Å². The van der Waals surface area contributed by atoms with Crippen molar-refractivity contribution in [1.82, 2.24) is 0 Å². The first-order chi connectivity index (χ1) is 25.6. The Labute approximate surface area is 311 Å². The number of hydrogen-bond donors (Lipinski definition) is 4. The summed E-state index contributed by atoms with van der Waals surface area (Å²) in [5.74, 6) is -122. The van der Waals surface area contributed by atoms with Gasteiger partial charge in [0.15, 0.2) is 0 Å². The normalized spacial score (nSPS) is 17.0. The molecule has 0 aromatic heterocycles. The van der Waals surface area contributed by atoms with Crippen LogP contribution < -0.4 is 0 Å². The molecular formula is C20H12F34O5Si2. The fourth-order valence-electron chi connectivity index (χ4n) is 3.71. The number of alkyl halides is 34. The molecule has 0 radical (unpaired) electrons. The van der Waals surface area contributed by atoms with Gasteiger partial charge in [0.2, 0.25) is 0 Å². The van der Waals surface area contributed by atoms with Crippen LogP contribution in [0.3, 0.4) is 0 Å². The minimum atomic E-state index is -9.17. The van der Waals surface area contributed by atoms with E-state index in [1.54, 1.807) is 0 Å². The van der Waals surface area contributed by atoms with E-state index in [1.807, 2.05) is 0 Å². The fourth-order valence-corrected chi connectivity index (χ4v) is 7.90. The van der Waals surface area contributed by atoms with Gasteiger partial charge in [-0.3, -0.25) is 0 Å². The largest absolute Gasteiger partial charge is 0.488 e. The summed E-state index contributed by atoms with van der Waals surface area (Å²) in [6, 6.07) is -6.54. The van der Waals surface area contributed by atoms with Crippen molar-refractivity contribution in [1.29, 1.82) is 0 Å². The van der Waals surface area contributed by atoms with E-state index in [-0.39, 0.29) is 0 Å². The number of hydrogen-bond acceptors (Lipinski definition) is 5. The summed E-state index contributed by atoms with van der Waals surface area (Å²) in [5, 5.41) is 0. The Morgan fingerprint density at radius 3 is 0.557 bits per heavy atom. The molecule has 0 unspecified atom stereocenters. The van der Waals surface area contributed by atoms with Gasteiger partial charge in [-0.1, -0.05) is 0 Å². The van der Waals surface area contributed by atoms with E-state index in [0.717, 1.165) is 0 Å². The summed E-state index contributed by atoms with van der Waals surface area (Å²) < 4.78 is 456. The molecule has 0 aliphatic carbocycles. The molecule has 368 valence electrons. The van der Waals surface area contributed by atoms with Gasteiger partial charge in [0.25, 0.3) is 0 Å². The Bertz CT molecular complexity index is 1440. The monoisotopic (exact) mass is 1030 g/mol. The lowest BCUT2D eigenvalue weighted by molar-refractivity contribution is -0.461. The third-order valence-corrected chi connectivity index (χ3v) is 11.8. The second-order valence-electron chi connectivity index (χ2n) is 11.9. The molecule has 0 heterocycles. The maximum Gasteiger partial charge on any atom is 0.488 e. The third kappa shape index (κ3) is 8.72. The summed E-state index contributed by atoms with van der Waals surface area (Å²) in [6.45, 7) is 0. The van der Waals surface area contributed by atoms with E-state index in [0.29, 0.717) is 0 Å². The van der Waals surface area contributed by atoms with Crippen molar-refractivity contribution in [2.75, 3.05) is 0 Å². The number of halogens is 34. The summed E-state index contributed by atoms with van der Waals surface area (Å²) in [5.41, 5.74) is 0. The molecule has 0 aliphatic rings. The molecule has 0 amide bonds. The van der Waals surface area contributed by atoms with Crippen molar-refractivity contribution < 1.29 is 173 Å². The van der Waals surface area contributed by atoms with Gasteiger partial charge in [-0.25, -0.2) is 0 Å². The Morgan fingerprint density at radius 2 is 0.393 bits per heavy atom. The molecule has 41 heteroatoms. The Hall–Kier alpha value is -2.15. The lowest BCUT2D eigenvalue weighted by Gasteiger charge is -2.43. The SMILES string of the molecule is O[Si](O)(CCC(F)(F)C(F)(F)C(F)(F)C(F)(F)C(F)(F)C(F)(F)C(F)(F)C(F)(F)F)O[Si](O)(O)CCC(F)(F)C(F)(F)C(F)(F)C(F)(F)C(F)(F)C(F)(F)C(F)(F)C(F)(F)F. The summed E-state index contributed by atoms with van der Waals surface area (Å²) in [7, 11) is -14.5. The molecule has 61 heavy (non-hydrogen) atoms. The molecule has 0 bridgehead atoms. The first-order valence-electron chi connectivity index (χ1n) is 13.6. The van der Waals surface area contributed by atoms with Crippen LogP contribution in [-0.4, -0.2) is 132 Å². The summed E-state index contributed by atoms with van der Waals surface area (Å²) in [4.78, 5) is 37.5. The number of rotatable bonds is 20. The van der Waals surface area contributed by atoms with Crippen LogP contribution >= 0.6 is 0 Å². The summed E-state index contributed by atoms with van der Waals surface area (Å²) in [6.07, 6.45) is -24.0. The van der Waals surface area contributed by atoms with E-state index in [1.165, 1.54) is 0 Å². The maximum atomic E-state index is 14.0. The van der Waals surface area contributed by atoms with Crippen molar-refractivity contribution in [2.45, 2.75) is 120 Å². The van der Waals surface area contributed by atoms with Crippen LogP contribution in [0.5, 0.6) is 0 Å². The Balaban J connectivity index is 6.56. The molecule has 0 fully saturated rings. The second-order valence-corrected chi connectivity index (χ2v) is 16.7. The van der Waals surface area contributed by atoms with Gasteiger partial charge in [-0.05, 0) is 0 Å². The molecule has 0 aromatic carbocycles. The molecule has 0 rings (SSSR count). The van der Waals surface area contributed by atoms with Gasteiger partial charge in [-0.15, -0.1) is 0 Å². The highest BCUT2D eigenvalue weighted by Crippen LogP contribution is 2.66. The van der Waals surface area contributed by atoms with Crippen molar-refractivity contribution in [3.05, 3.63) is 0 Å². The van der Waals surface area contributed by atoms with Crippen LogP contribution in [0, 0.1) is 0 Å². The Morgan fingerprint density at radius 1 is 0.246 bits per heavy atom. The van der Waals surface area contributed by atoms with Crippen LogP contribution in [-0.2, 0) is 4.12 Å². The van der Waals surface area contributed by atoms with Crippen molar-refractivity contribution in [3.63, 3.8) is 0 Å². The standard InChI is InChI=1S/C20H12F34O5Si2/c21-5(22,7(25,26)9(29,30)11(33,34)13(37,38)15(41,42)17(45,46)19(49,50)51)1-3-60(55,56)59-61(57,58)4-2-6(23,24)8(27,28)10(31,32)12(35,36)14(39,40)16(43,44)18(47,48)20(52,53)54/h55-58H,1-4H2. The average molecular weight is 1030 g/mol. The third-order valence-electron chi connectivity index (χ3n) is 7.43. The average Bonchev–Trinajstić information content (AvgIpc) is 3.00. The van der Waals surface area contributed by atoms with Gasteiger partial charge in [0.1, 0.15) is 0 Å². The Kier molecular flexibility index (Phi) is 14.7. The molecule has 4 N–H and O–H groups in total. The van der Waals surface area contributed by atoms with Crippen LogP contribution in [0.15, 0.2) is 0 Å². The molecule has 0 aliphatic heterocycles. The van der Waals surface area contributed by atoms with Crippen LogP contribution in [0.1, 0.15) is 12.8 Å². The molecule has 0 saturated heterocycles. The van der Waals surface area contributed by atoms with E-state index in [2.05, 4.69) is 4.12 Å². The van der Waals surface area contributed by atoms with Crippen LogP contribution in [0.25, 0.3) is 0 Å². The molecule has 0 saturated carbocycles. The minimum Gasteiger partial charge on any atom is -0.390 e. The molecule has 0 atom stereocenters. The summed E-state index contributed by atoms with van der Waals surface area (Å²) >= 11 is 0. The van der Waals surface area contributed by atoms with Gasteiger partial charge >= 0.3 is 113 Å². The van der Waals surface area contributed by atoms with Crippen LogP contribution in [0.2, 0.25) is 12.1 Å². The van der Waals surface area contributed by atoms with Gasteiger partial charge in [-0.2, -0.15) is 149 Å². The predicted octanol–water partition coefficient (Wildman–Crippen LogP) is 9.65. The topological polar surface area (TPSA) is 90.2 Å². The first kappa shape index (κ1) is 58.9. The molecular weight excluding hydrogens is 1020 g/mol. The van der Waals surface area contributed by atoms with E-state index >= 15 is 0 Å². The quantitative estimate of drug-likeness (QED) is 0.0721. The molecule has 5 nitrogen and oxygen atoms in total. The zero-order valence-electron chi connectivity index (χ0n) is 26.9. The first-order valence-corrected chi connectivity index (χ1v) is 17.7.